The highest BCUT2D eigenvalue weighted by Gasteiger charge is 2.25. The molecule has 0 bridgehead atoms. The van der Waals surface area contributed by atoms with E-state index in [2.05, 4.69) is 11.8 Å². The highest BCUT2D eigenvalue weighted by molar-refractivity contribution is 6.17. The SMILES string of the molecule is CCCCC(=O)N1CCCCC1CCCl. The number of carbonyl (C=O) groups excluding carboxylic acids is 1. The van der Waals surface area contributed by atoms with Crippen LogP contribution in [-0.2, 0) is 4.79 Å². The molecule has 1 atom stereocenters. The van der Waals surface area contributed by atoms with Crippen molar-refractivity contribution in [3.63, 3.8) is 0 Å². The van der Waals surface area contributed by atoms with Crippen molar-refractivity contribution in [3.8, 4) is 0 Å². The molecule has 0 aromatic carbocycles. The Hall–Kier alpha value is -0.240. The topological polar surface area (TPSA) is 20.3 Å². The Bertz CT molecular complexity index is 194. The third-order valence-corrected chi connectivity index (χ3v) is 3.35. The van der Waals surface area contributed by atoms with Crippen LogP contribution in [0, 0.1) is 0 Å². The zero-order valence-electron chi connectivity index (χ0n) is 9.67. The number of piperidine rings is 1. The molecule has 3 heteroatoms. The normalized spacial score (nSPS) is 21.7. The number of halogens is 1. The Balaban J connectivity index is 2.43. The molecule has 0 spiro atoms. The monoisotopic (exact) mass is 231 g/mol. The van der Waals surface area contributed by atoms with E-state index < -0.39 is 0 Å². The number of likely N-dealkylation sites (tertiary alicyclic amines) is 1. The molecule has 15 heavy (non-hydrogen) atoms. The molecule has 0 saturated carbocycles. The highest BCUT2D eigenvalue weighted by atomic mass is 35.5. The predicted molar refractivity (Wildman–Crippen MR) is 64.2 cm³/mol. The minimum atomic E-state index is 0.340. The average molecular weight is 232 g/mol. The van der Waals surface area contributed by atoms with Gasteiger partial charge in [-0.3, -0.25) is 4.79 Å². The smallest absolute Gasteiger partial charge is 0.222 e. The van der Waals surface area contributed by atoms with Crippen LogP contribution in [0.4, 0.5) is 0 Å². The second kappa shape index (κ2) is 7.10. The summed E-state index contributed by atoms with van der Waals surface area (Å²) in [6, 6.07) is 0.417. The molecule has 1 unspecified atom stereocenters. The predicted octanol–water partition coefficient (Wildman–Crippen LogP) is 3.19. The van der Waals surface area contributed by atoms with Gasteiger partial charge in [0.05, 0.1) is 0 Å². The molecule has 1 fully saturated rings. The first-order valence-electron chi connectivity index (χ1n) is 6.15. The average Bonchev–Trinajstić information content (AvgIpc) is 2.27. The summed E-state index contributed by atoms with van der Waals surface area (Å²) >= 11 is 5.77. The van der Waals surface area contributed by atoms with E-state index in [0.717, 1.165) is 45.1 Å². The van der Waals surface area contributed by atoms with E-state index in [4.69, 9.17) is 11.6 Å². The van der Waals surface area contributed by atoms with E-state index >= 15 is 0 Å². The number of nitrogens with zero attached hydrogens (tertiary/aromatic N) is 1. The van der Waals surface area contributed by atoms with Gasteiger partial charge in [-0.25, -0.2) is 0 Å². The maximum atomic E-state index is 11.9. The summed E-state index contributed by atoms with van der Waals surface area (Å²) in [4.78, 5) is 14.0. The van der Waals surface area contributed by atoms with Gasteiger partial charge in [0.1, 0.15) is 0 Å². The van der Waals surface area contributed by atoms with Crippen LogP contribution in [0.1, 0.15) is 51.9 Å². The van der Waals surface area contributed by atoms with E-state index in [1.807, 2.05) is 0 Å². The van der Waals surface area contributed by atoms with Crippen molar-refractivity contribution in [1.82, 2.24) is 4.90 Å². The second-order valence-corrected chi connectivity index (χ2v) is 4.70. The summed E-state index contributed by atoms with van der Waals surface area (Å²) in [6.45, 7) is 3.07. The lowest BCUT2D eigenvalue weighted by Gasteiger charge is -2.35. The van der Waals surface area contributed by atoms with Crippen LogP contribution < -0.4 is 0 Å². The number of amides is 1. The van der Waals surface area contributed by atoms with Crippen LogP contribution in [0.5, 0.6) is 0 Å². The van der Waals surface area contributed by atoms with E-state index in [1.54, 1.807) is 0 Å². The highest BCUT2D eigenvalue weighted by Crippen LogP contribution is 2.21. The molecule has 0 N–H and O–H groups in total. The van der Waals surface area contributed by atoms with Crippen molar-refractivity contribution in [3.05, 3.63) is 0 Å². The maximum Gasteiger partial charge on any atom is 0.222 e. The van der Waals surface area contributed by atoms with E-state index in [1.165, 1.54) is 6.42 Å². The van der Waals surface area contributed by atoms with Crippen LogP contribution in [-0.4, -0.2) is 29.3 Å². The molecule has 1 aliphatic heterocycles. The Morgan fingerprint density at radius 2 is 2.27 bits per heavy atom. The number of hydrogen-bond acceptors (Lipinski definition) is 1. The largest absolute Gasteiger partial charge is 0.340 e. The molecule has 0 aromatic rings. The number of unbranched alkanes of at least 4 members (excludes halogenated alkanes) is 1. The van der Waals surface area contributed by atoms with Gasteiger partial charge in [-0.2, -0.15) is 0 Å². The number of rotatable bonds is 5. The molecule has 0 aliphatic carbocycles. The summed E-state index contributed by atoms with van der Waals surface area (Å²) < 4.78 is 0. The number of hydrogen-bond donors (Lipinski definition) is 0. The van der Waals surface area contributed by atoms with Gasteiger partial charge in [0, 0.05) is 24.9 Å². The molecular weight excluding hydrogens is 210 g/mol. The lowest BCUT2D eigenvalue weighted by atomic mass is 9.99. The first kappa shape index (κ1) is 12.8. The number of carbonyl (C=O) groups is 1. The molecule has 88 valence electrons. The first-order valence-corrected chi connectivity index (χ1v) is 6.68. The van der Waals surface area contributed by atoms with Crippen molar-refractivity contribution in [1.29, 1.82) is 0 Å². The summed E-state index contributed by atoms with van der Waals surface area (Å²) in [5, 5.41) is 0. The fourth-order valence-corrected chi connectivity index (χ4v) is 2.48. The van der Waals surface area contributed by atoms with Crippen LogP contribution in [0.3, 0.4) is 0 Å². The molecule has 1 aliphatic rings. The molecule has 0 aromatic heterocycles. The van der Waals surface area contributed by atoms with Crippen molar-refractivity contribution in [2.75, 3.05) is 12.4 Å². The molecule has 1 saturated heterocycles. The Morgan fingerprint density at radius 1 is 1.47 bits per heavy atom. The van der Waals surface area contributed by atoms with Crippen molar-refractivity contribution in [2.45, 2.75) is 57.9 Å². The third-order valence-electron chi connectivity index (χ3n) is 3.13. The van der Waals surface area contributed by atoms with Crippen LogP contribution in [0.2, 0.25) is 0 Å². The quantitative estimate of drug-likeness (QED) is 0.666. The van der Waals surface area contributed by atoms with Gasteiger partial charge in [-0.05, 0) is 32.1 Å². The zero-order chi connectivity index (χ0) is 11.1. The number of alkyl halides is 1. The summed E-state index contributed by atoms with van der Waals surface area (Å²) in [5.74, 6) is 1.01. The van der Waals surface area contributed by atoms with Gasteiger partial charge >= 0.3 is 0 Å². The molecular formula is C12H22ClNO. The van der Waals surface area contributed by atoms with Gasteiger partial charge < -0.3 is 4.90 Å². The molecule has 1 rings (SSSR count). The Kier molecular flexibility index (Phi) is 6.07. The van der Waals surface area contributed by atoms with Gasteiger partial charge in [0.15, 0.2) is 0 Å². The summed E-state index contributed by atoms with van der Waals surface area (Å²) in [7, 11) is 0. The lowest BCUT2D eigenvalue weighted by Crippen LogP contribution is -2.43. The van der Waals surface area contributed by atoms with Gasteiger partial charge in [0.2, 0.25) is 5.91 Å². The van der Waals surface area contributed by atoms with Crippen LogP contribution in [0.15, 0.2) is 0 Å². The standard InChI is InChI=1S/C12H22ClNO/c1-2-3-7-12(15)14-10-5-4-6-11(14)8-9-13/h11H,2-10H2,1H3. The van der Waals surface area contributed by atoms with Crippen molar-refractivity contribution in [2.24, 2.45) is 0 Å². The summed E-state index contributed by atoms with van der Waals surface area (Å²) in [6.07, 6.45) is 7.34. The van der Waals surface area contributed by atoms with Crippen LogP contribution in [0.25, 0.3) is 0 Å². The molecule has 1 amide bonds. The fraction of sp³-hybridized carbons (Fsp3) is 0.917. The molecule has 2 nitrogen and oxygen atoms in total. The van der Waals surface area contributed by atoms with E-state index in [-0.39, 0.29) is 0 Å². The lowest BCUT2D eigenvalue weighted by molar-refractivity contribution is -0.135. The minimum absolute atomic E-state index is 0.340. The third kappa shape index (κ3) is 4.02. The second-order valence-electron chi connectivity index (χ2n) is 4.32. The minimum Gasteiger partial charge on any atom is -0.340 e. The van der Waals surface area contributed by atoms with Gasteiger partial charge in [0.25, 0.3) is 0 Å². The van der Waals surface area contributed by atoms with Crippen molar-refractivity contribution >= 4 is 17.5 Å². The fourth-order valence-electron chi connectivity index (χ4n) is 2.23. The Morgan fingerprint density at radius 3 is 2.93 bits per heavy atom. The zero-order valence-corrected chi connectivity index (χ0v) is 10.4. The van der Waals surface area contributed by atoms with E-state index in [0.29, 0.717) is 17.8 Å². The van der Waals surface area contributed by atoms with Gasteiger partial charge in [-0.15, -0.1) is 11.6 Å². The van der Waals surface area contributed by atoms with Crippen molar-refractivity contribution < 1.29 is 4.79 Å². The first-order chi connectivity index (χ1) is 7.29. The van der Waals surface area contributed by atoms with Gasteiger partial charge in [-0.1, -0.05) is 13.3 Å². The van der Waals surface area contributed by atoms with Crippen LogP contribution >= 0.6 is 11.6 Å². The maximum absolute atomic E-state index is 11.9. The summed E-state index contributed by atoms with van der Waals surface area (Å²) in [5.41, 5.74) is 0. The Labute approximate surface area is 98.0 Å². The molecule has 1 heterocycles. The van der Waals surface area contributed by atoms with E-state index in [9.17, 15) is 4.79 Å². The molecule has 0 radical (unpaired) electrons.